The molecule has 1 aromatic rings. The normalized spacial score (nSPS) is 16.5. The highest BCUT2D eigenvalue weighted by Crippen LogP contribution is 2.45. The monoisotopic (exact) mass is 302 g/mol. The summed E-state index contributed by atoms with van der Waals surface area (Å²) in [7, 11) is 0. The summed E-state index contributed by atoms with van der Waals surface area (Å²) in [5.74, 6) is -1.51. The van der Waals surface area contributed by atoms with Crippen molar-refractivity contribution in [2.75, 3.05) is 13.2 Å². The van der Waals surface area contributed by atoms with Gasteiger partial charge in [-0.15, -0.1) is 0 Å². The van der Waals surface area contributed by atoms with Crippen molar-refractivity contribution in [2.24, 2.45) is 0 Å². The lowest BCUT2D eigenvalue weighted by molar-refractivity contribution is -0.147. The Morgan fingerprint density at radius 3 is 2.18 bits per heavy atom. The summed E-state index contributed by atoms with van der Waals surface area (Å²) in [6, 6.07) is 3.98. The third kappa shape index (κ3) is 2.54. The molecule has 0 saturated carbocycles. The van der Waals surface area contributed by atoms with Gasteiger partial charge in [-0.25, -0.2) is 4.79 Å². The van der Waals surface area contributed by atoms with Gasteiger partial charge in [0.05, 0.1) is 18.8 Å². The number of benzene rings is 1. The summed E-state index contributed by atoms with van der Waals surface area (Å²) in [6.07, 6.45) is 0. The maximum Gasteiger partial charge on any atom is 0.335 e. The van der Waals surface area contributed by atoms with Crippen LogP contribution in [0.3, 0.4) is 0 Å². The SMILES string of the molecule is CCOC(=O)C1=C(C)c2c(C)ccc(C)c2C1C(=O)OCC. The minimum atomic E-state index is -0.686. The molecule has 1 aliphatic rings. The van der Waals surface area contributed by atoms with Gasteiger partial charge in [-0.3, -0.25) is 4.79 Å². The number of esters is 2. The van der Waals surface area contributed by atoms with E-state index < -0.39 is 17.9 Å². The van der Waals surface area contributed by atoms with E-state index in [2.05, 4.69) is 0 Å². The van der Waals surface area contributed by atoms with Crippen LogP contribution < -0.4 is 0 Å². The number of carbonyl (C=O) groups is 2. The van der Waals surface area contributed by atoms with Gasteiger partial charge < -0.3 is 9.47 Å². The van der Waals surface area contributed by atoms with Crippen molar-refractivity contribution in [1.29, 1.82) is 0 Å². The fourth-order valence-corrected chi connectivity index (χ4v) is 3.14. The second kappa shape index (κ2) is 6.34. The number of aryl methyl sites for hydroxylation is 2. The average Bonchev–Trinajstić information content (AvgIpc) is 2.78. The number of ether oxygens (including phenoxy) is 2. The molecule has 0 N–H and O–H groups in total. The molecule has 0 amide bonds. The van der Waals surface area contributed by atoms with Gasteiger partial charge in [0, 0.05) is 0 Å². The minimum absolute atomic E-state index is 0.277. The first-order chi connectivity index (χ1) is 10.4. The highest BCUT2D eigenvalue weighted by Gasteiger charge is 2.41. The molecule has 0 fully saturated rings. The molecule has 0 radical (unpaired) electrons. The van der Waals surface area contributed by atoms with Gasteiger partial charge in [-0.2, -0.15) is 0 Å². The van der Waals surface area contributed by atoms with E-state index in [9.17, 15) is 9.59 Å². The Bertz CT molecular complexity index is 655. The molecule has 0 spiro atoms. The van der Waals surface area contributed by atoms with Crippen molar-refractivity contribution in [2.45, 2.75) is 40.5 Å². The first-order valence-electron chi connectivity index (χ1n) is 7.58. The number of carbonyl (C=O) groups excluding carboxylic acids is 2. The zero-order chi connectivity index (χ0) is 16.4. The molecule has 0 saturated heterocycles. The summed E-state index contributed by atoms with van der Waals surface area (Å²) >= 11 is 0. The van der Waals surface area contributed by atoms with Crippen LogP contribution in [-0.2, 0) is 19.1 Å². The van der Waals surface area contributed by atoms with Crippen LogP contribution in [0.2, 0.25) is 0 Å². The average molecular weight is 302 g/mol. The number of hydrogen-bond acceptors (Lipinski definition) is 4. The zero-order valence-corrected chi connectivity index (χ0v) is 13.8. The van der Waals surface area contributed by atoms with Crippen LogP contribution in [0.5, 0.6) is 0 Å². The molecular formula is C18H22O4. The van der Waals surface area contributed by atoms with Crippen LogP contribution in [0, 0.1) is 13.8 Å². The highest BCUT2D eigenvalue weighted by molar-refractivity contribution is 6.09. The van der Waals surface area contributed by atoms with E-state index in [1.807, 2.05) is 32.9 Å². The van der Waals surface area contributed by atoms with E-state index >= 15 is 0 Å². The smallest absolute Gasteiger partial charge is 0.335 e. The van der Waals surface area contributed by atoms with Crippen molar-refractivity contribution < 1.29 is 19.1 Å². The molecule has 1 aromatic carbocycles. The van der Waals surface area contributed by atoms with Crippen LogP contribution in [0.1, 0.15) is 48.9 Å². The third-order valence-corrected chi connectivity index (χ3v) is 4.05. The maximum atomic E-state index is 12.5. The van der Waals surface area contributed by atoms with Crippen LogP contribution in [-0.4, -0.2) is 25.2 Å². The quantitative estimate of drug-likeness (QED) is 0.801. The number of allylic oxidation sites excluding steroid dienone is 1. The second-order valence-electron chi connectivity index (χ2n) is 5.43. The van der Waals surface area contributed by atoms with Crippen molar-refractivity contribution in [3.8, 4) is 0 Å². The fraction of sp³-hybridized carbons (Fsp3) is 0.444. The molecule has 22 heavy (non-hydrogen) atoms. The van der Waals surface area contributed by atoms with Gasteiger partial charge >= 0.3 is 11.9 Å². The first-order valence-corrected chi connectivity index (χ1v) is 7.58. The number of rotatable bonds is 4. The zero-order valence-electron chi connectivity index (χ0n) is 13.8. The van der Waals surface area contributed by atoms with Gasteiger partial charge in [0.25, 0.3) is 0 Å². The number of hydrogen-bond donors (Lipinski definition) is 0. The molecule has 118 valence electrons. The maximum absolute atomic E-state index is 12.5. The lowest BCUT2D eigenvalue weighted by Gasteiger charge is -2.17. The van der Waals surface area contributed by atoms with Gasteiger partial charge in [-0.05, 0) is 62.4 Å². The largest absolute Gasteiger partial charge is 0.465 e. The van der Waals surface area contributed by atoms with Crippen molar-refractivity contribution in [3.05, 3.63) is 40.0 Å². The second-order valence-corrected chi connectivity index (χ2v) is 5.43. The van der Waals surface area contributed by atoms with E-state index in [0.717, 1.165) is 27.8 Å². The lowest BCUT2D eigenvalue weighted by Crippen LogP contribution is -2.22. The lowest BCUT2D eigenvalue weighted by atomic mass is 9.90. The Hall–Kier alpha value is -2.10. The standard InChI is InChI=1S/C18H22O4/c1-6-21-17(19)15-12(5)13-10(3)8-9-11(4)14(13)16(15)18(20)22-7-2/h8-9,16H,6-7H2,1-5H3. The molecule has 0 aliphatic heterocycles. The Labute approximate surface area is 131 Å². The summed E-state index contributed by atoms with van der Waals surface area (Å²) in [5, 5.41) is 0. The predicted octanol–water partition coefficient (Wildman–Crippen LogP) is 3.30. The summed E-state index contributed by atoms with van der Waals surface area (Å²) in [4.78, 5) is 24.9. The Morgan fingerprint density at radius 1 is 1.00 bits per heavy atom. The molecule has 4 nitrogen and oxygen atoms in total. The molecule has 1 unspecified atom stereocenters. The third-order valence-electron chi connectivity index (χ3n) is 4.05. The molecule has 1 atom stereocenters. The molecule has 4 heteroatoms. The van der Waals surface area contributed by atoms with Gasteiger partial charge in [-0.1, -0.05) is 12.1 Å². The van der Waals surface area contributed by atoms with E-state index in [-0.39, 0.29) is 13.2 Å². The van der Waals surface area contributed by atoms with Gasteiger partial charge in [0.15, 0.2) is 0 Å². The molecule has 0 bridgehead atoms. The molecular weight excluding hydrogens is 280 g/mol. The summed E-state index contributed by atoms with van der Waals surface area (Å²) < 4.78 is 10.4. The van der Waals surface area contributed by atoms with Crippen LogP contribution in [0.25, 0.3) is 5.57 Å². The molecule has 1 aliphatic carbocycles. The topological polar surface area (TPSA) is 52.6 Å². The van der Waals surface area contributed by atoms with E-state index in [1.54, 1.807) is 13.8 Å². The first kappa shape index (κ1) is 16.3. The van der Waals surface area contributed by atoms with Crippen LogP contribution in [0.4, 0.5) is 0 Å². The van der Waals surface area contributed by atoms with Crippen molar-refractivity contribution >= 4 is 17.5 Å². The summed E-state index contributed by atoms with van der Waals surface area (Å²) in [6.45, 7) is 9.88. The predicted molar refractivity (Wildman–Crippen MR) is 84.5 cm³/mol. The van der Waals surface area contributed by atoms with E-state index in [0.29, 0.717) is 5.57 Å². The minimum Gasteiger partial charge on any atom is -0.465 e. The van der Waals surface area contributed by atoms with Gasteiger partial charge in [0.1, 0.15) is 5.92 Å². The summed E-state index contributed by atoms with van der Waals surface area (Å²) in [5.41, 5.74) is 5.10. The van der Waals surface area contributed by atoms with Crippen LogP contribution in [0.15, 0.2) is 17.7 Å². The van der Waals surface area contributed by atoms with E-state index in [1.165, 1.54) is 0 Å². The Kier molecular flexibility index (Phi) is 4.69. The molecule has 0 aromatic heterocycles. The highest BCUT2D eigenvalue weighted by atomic mass is 16.5. The van der Waals surface area contributed by atoms with Crippen LogP contribution >= 0.6 is 0 Å². The van der Waals surface area contributed by atoms with Crippen molar-refractivity contribution in [3.63, 3.8) is 0 Å². The molecule has 2 rings (SSSR count). The van der Waals surface area contributed by atoms with E-state index in [4.69, 9.17) is 9.47 Å². The van der Waals surface area contributed by atoms with Crippen molar-refractivity contribution in [1.82, 2.24) is 0 Å². The molecule has 0 heterocycles. The van der Waals surface area contributed by atoms with Gasteiger partial charge in [0.2, 0.25) is 0 Å². The number of fused-ring (bicyclic) bond motifs is 1. The fourth-order valence-electron chi connectivity index (χ4n) is 3.14. The Balaban J connectivity index is 2.65. The Morgan fingerprint density at radius 2 is 1.59 bits per heavy atom.